The van der Waals surface area contributed by atoms with E-state index in [1.165, 1.54) is 24.1 Å². The summed E-state index contributed by atoms with van der Waals surface area (Å²) in [6, 6.07) is 6.44. The molecule has 1 aromatic rings. The lowest BCUT2D eigenvalue weighted by Crippen LogP contribution is -2.38. The second kappa shape index (κ2) is 5.21. The molecule has 0 aliphatic carbocycles. The van der Waals surface area contributed by atoms with Gasteiger partial charge in [-0.3, -0.25) is 4.79 Å². The van der Waals surface area contributed by atoms with E-state index in [1.54, 1.807) is 0 Å². The molecule has 19 heavy (non-hydrogen) atoms. The van der Waals surface area contributed by atoms with Gasteiger partial charge in [-0.1, -0.05) is 0 Å². The van der Waals surface area contributed by atoms with Gasteiger partial charge >= 0.3 is 0 Å². The summed E-state index contributed by atoms with van der Waals surface area (Å²) in [4.78, 5) is 14.5. The second-order valence-corrected chi connectivity index (χ2v) is 5.54. The van der Waals surface area contributed by atoms with Gasteiger partial charge in [-0.15, -0.1) is 0 Å². The molecule has 4 heteroatoms. The summed E-state index contributed by atoms with van der Waals surface area (Å²) >= 11 is 0. The molecule has 2 heterocycles. The zero-order valence-corrected chi connectivity index (χ0v) is 11.4. The molecule has 0 radical (unpaired) electrons. The van der Waals surface area contributed by atoms with Crippen molar-refractivity contribution < 1.29 is 4.79 Å². The number of nitrogens with one attached hydrogen (secondary N) is 2. The highest BCUT2D eigenvalue weighted by atomic mass is 16.1. The molecule has 2 aliphatic heterocycles. The Morgan fingerprint density at radius 3 is 3.21 bits per heavy atom. The topological polar surface area (TPSA) is 44.4 Å². The van der Waals surface area contributed by atoms with Crippen molar-refractivity contribution in [2.75, 3.05) is 32.0 Å². The minimum absolute atomic E-state index is 0.0509. The summed E-state index contributed by atoms with van der Waals surface area (Å²) in [5.74, 6) is 0.0509. The van der Waals surface area contributed by atoms with Crippen molar-refractivity contribution in [2.24, 2.45) is 0 Å². The maximum atomic E-state index is 12.2. The van der Waals surface area contributed by atoms with Crippen LogP contribution >= 0.6 is 0 Å². The highest BCUT2D eigenvalue weighted by molar-refractivity contribution is 5.95. The number of likely N-dealkylation sites (tertiary alicyclic amines) is 1. The molecule has 1 saturated heterocycles. The van der Waals surface area contributed by atoms with Gasteiger partial charge in [-0.2, -0.15) is 0 Å². The molecule has 2 aliphatic rings. The minimum Gasteiger partial charge on any atom is -0.384 e. The molecule has 4 nitrogen and oxygen atoms in total. The Morgan fingerprint density at radius 2 is 2.42 bits per heavy atom. The molecular weight excluding hydrogens is 238 g/mol. The normalized spacial score (nSPS) is 22.1. The van der Waals surface area contributed by atoms with E-state index in [-0.39, 0.29) is 5.91 Å². The standard InChI is InChI=1S/C15H21N3O/c1-18-8-2-3-13(18)10-17-15(19)12-4-5-14-11(9-12)6-7-16-14/h4-5,9,13,16H,2-3,6-8,10H2,1H3,(H,17,19). The van der Waals surface area contributed by atoms with Crippen LogP contribution < -0.4 is 10.6 Å². The lowest BCUT2D eigenvalue weighted by molar-refractivity contribution is 0.0943. The monoisotopic (exact) mass is 259 g/mol. The van der Waals surface area contributed by atoms with Crippen LogP contribution in [0.4, 0.5) is 5.69 Å². The van der Waals surface area contributed by atoms with Gasteiger partial charge < -0.3 is 15.5 Å². The highest BCUT2D eigenvalue weighted by Gasteiger charge is 2.21. The largest absolute Gasteiger partial charge is 0.384 e. The predicted molar refractivity (Wildman–Crippen MR) is 76.6 cm³/mol. The van der Waals surface area contributed by atoms with Crippen molar-refractivity contribution in [3.63, 3.8) is 0 Å². The van der Waals surface area contributed by atoms with E-state index in [9.17, 15) is 4.79 Å². The Balaban J connectivity index is 1.61. The van der Waals surface area contributed by atoms with Gasteiger partial charge in [0, 0.05) is 30.4 Å². The van der Waals surface area contributed by atoms with E-state index in [2.05, 4.69) is 22.6 Å². The molecule has 1 fully saturated rings. The summed E-state index contributed by atoms with van der Waals surface area (Å²) in [6.07, 6.45) is 3.44. The van der Waals surface area contributed by atoms with Crippen molar-refractivity contribution in [1.82, 2.24) is 10.2 Å². The zero-order chi connectivity index (χ0) is 13.2. The summed E-state index contributed by atoms with van der Waals surface area (Å²) in [7, 11) is 2.13. The third-order valence-electron chi connectivity index (χ3n) is 4.25. The molecule has 1 unspecified atom stereocenters. The quantitative estimate of drug-likeness (QED) is 0.864. The Morgan fingerprint density at radius 1 is 1.53 bits per heavy atom. The molecule has 1 amide bonds. The van der Waals surface area contributed by atoms with Crippen molar-refractivity contribution >= 4 is 11.6 Å². The maximum absolute atomic E-state index is 12.2. The fourth-order valence-corrected chi connectivity index (χ4v) is 3.00. The molecule has 0 saturated carbocycles. The summed E-state index contributed by atoms with van der Waals surface area (Å²) in [5.41, 5.74) is 3.21. The first-order valence-electron chi connectivity index (χ1n) is 7.09. The van der Waals surface area contributed by atoms with Crippen LogP contribution in [-0.2, 0) is 6.42 Å². The van der Waals surface area contributed by atoms with Gasteiger partial charge in [-0.05, 0) is 56.6 Å². The van der Waals surface area contributed by atoms with E-state index in [0.29, 0.717) is 6.04 Å². The molecule has 0 spiro atoms. The molecule has 3 rings (SSSR count). The Labute approximate surface area is 114 Å². The van der Waals surface area contributed by atoms with Crippen molar-refractivity contribution in [3.8, 4) is 0 Å². The summed E-state index contributed by atoms with van der Waals surface area (Å²) in [6.45, 7) is 2.88. The third kappa shape index (κ3) is 2.59. The number of benzene rings is 1. The molecule has 102 valence electrons. The fraction of sp³-hybridized carbons (Fsp3) is 0.533. The number of carbonyl (C=O) groups is 1. The van der Waals surface area contributed by atoms with Crippen LogP contribution in [0.25, 0.3) is 0 Å². The number of anilines is 1. The Kier molecular flexibility index (Phi) is 3.42. The minimum atomic E-state index is 0.0509. The molecule has 1 atom stereocenters. The summed E-state index contributed by atoms with van der Waals surface area (Å²) < 4.78 is 0. The number of fused-ring (bicyclic) bond motifs is 1. The van der Waals surface area contributed by atoms with E-state index in [4.69, 9.17) is 0 Å². The van der Waals surface area contributed by atoms with E-state index in [0.717, 1.165) is 31.6 Å². The SMILES string of the molecule is CN1CCCC1CNC(=O)c1ccc2c(c1)CCN2. The van der Waals surface area contributed by atoms with E-state index < -0.39 is 0 Å². The fourth-order valence-electron chi connectivity index (χ4n) is 3.00. The number of amides is 1. The summed E-state index contributed by atoms with van der Waals surface area (Å²) in [5, 5.41) is 6.37. The van der Waals surface area contributed by atoms with Crippen LogP contribution in [0.15, 0.2) is 18.2 Å². The van der Waals surface area contributed by atoms with Gasteiger partial charge in [-0.25, -0.2) is 0 Å². The third-order valence-corrected chi connectivity index (χ3v) is 4.25. The predicted octanol–water partition coefficient (Wildman–Crippen LogP) is 1.48. The highest BCUT2D eigenvalue weighted by Crippen LogP contribution is 2.23. The van der Waals surface area contributed by atoms with Crippen LogP contribution in [0.1, 0.15) is 28.8 Å². The molecule has 0 aromatic heterocycles. The van der Waals surface area contributed by atoms with Crippen molar-refractivity contribution in [3.05, 3.63) is 29.3 Å². The lowest BCUT2D eigenvalue weighted by atomic mass is 10.1. The number of likely N-dealkylation sites (N-methyl/N-ethyl adjacent to an activating group) is 1. The molecule has 2 N–H and O–H groups in total. The zero-order valence-electron chi connectivity index (χ0n) is 11.4. The number of hydrogen-bond donors (Lipinski definition) is 2. The van der Waals surface area contributed by atoms with Crippen molar-refractivity contribution in [1.29, 1.82) is 0 Å². The van der Waals surface area contributed by atoms with Gasteiger partial charge in [0.15, 0.2) is 0 Å². The first kappa shape index (κ1) is 12.5. The van der Waals surface area contributed by atoms with Gasteiger partial charge in [0.25, 0.3) is 5.91 Å². The second-order valence-electron chi connectivity index (χ2n) is 5.54. The maximum Gasteiger partial charge on any atom is 0.251 e. The molecular formula is C15H21N3O. The van der Waals surface area contributed by atoms with Gasteiger partial charge in [0.1, 0.15) is 0 Å². The Hall–Kier alpha value is -1.55. The molecule has 1 aromatic carbocycles. The molecule has 0 bridgehead atoms. The average Bonchev–Trinajstić information content (AvgIpc) is 3.03. The smallest absolute Gasteiger partial charge is 0.251 e. The van der Waals surface area contributed by atoms with Gasteiger partial charge in [0.05, 0.1) is 0 Å². The van der Waals surface area contributed by atoms with Crippen LogP contribution in [0.2, 0.25) is 0 Å². The lowest BCUT2D eigenvalue weighted by Gasteiger charge is -2.19. The first-order chi connectivity index (χ1) is 9.24. The average molecular weight is 259 g/mol. The van der Waals surface area contributed by atoms with Crippen LogP contribution in [0, 0.1) is 0 Å². The van der Waals surface area contributed by atoms with Crippen molar-refractivity contribution in [2.45, 2.75) is 25.3 Å². The van der Waals surface area contributed by atoms with Crippen LogP contribution in [0.5, 0.6) is 0 Å². The van der Waals surface area contributed by atoms with E-state index >= 15 is 0 Å². The van der Waals surface area contributed by atoms with Gasteiger partial charge in [0.2, 0.25) is 0 Å². The number of rotatable bonds is 3. The Bertz CT molecular complexity index is 486. The number of nitrogens with zero attached hydrogens (tertiary/aromatic N) is 1. The number of carbonyl (C=O) groups excluding carboxylic acids is 1. The van der Waals surface area contributed by atoms with Crippen LogP contribution in [-0.4, -0.2) is 43.5 Å². The number of hydrogen-bond acceptors (Lipinski definition) is 3. The van der Waals surface area contributed by atoms with E-state index in [1.807, 2.05) is 18.2 Å². The first-order valence-corrected chi connectivity index (χ1v) is 7.09. The van der Waals surface area contributed by atoms with Crippen LogP contribution in [0.3, 0.4) is 0 Å².